The number of amides is 1. The number of nitrogens with zero attached hydrogens (tertiary/aromatic N) is 3. The van der Waals surface area contributed by atoms with Crippen LogP contribution < -0.4 is 5.32 Å². The molecule has 3 aromatic rings. The molecule has 3 aliphatic heterocycles. The van der Waals surface area contributed by atoms with Gasteiger partial charge in [-0.15, -0.1) is 11.3 Å². The minimum absolute atomic E-state index is 0.219. The molecule has 0 bridgehead atoms. The number of piperidine rings is 1. The van der Waals surface area contributed by atoms with Crippen LogP contribution >= 0.6 is 11.3 Å². The number of fused-ring (bicyclic) bond motifs is 1. The SMILES string of the molecule is O=C1c2ccc(CN3CCN(Cc4cccc(-c5cccs5)c4)CC3)cc2CN1C1CCCNC1. The zero-order chi connectivity index (χ0) is 23.6. The van der Waals surface area contributed by atoms with Crippen molar-refractivity contribution in [2.24, 2.45) is 0 Å². The number of nitrogens with one attached hydrogen (secondary N) is 1. The molecule has 5 nitrogen and oxygen atoms in total. The largest absolute Gasteiger partial charge is 0.330 e. The molecule has 182 valence electrons. The first-order valence-electron chi connectivity index (χ1n) is 12.9. The molecule has 0 spiro atoms. The Morgan fingerprint density at radius 3 is 2.43 bits per heavy atom. The fourth-order valence-corrected chi connectivity index (χ4v) is 6.50. The first kappa shape index (κ1) is 22.9. The molecule has 1 amide bonds. The summed E-state index contributed by atoms with van der Waals surface area (Å²) in [6.07, 6.45) is 2.27. The molecule has 0 saturated carbocycles. The maximum Gasteiger partial charge on any atom is 0.254 e. The zero-order valence-electron chi connectivity index (χ0n) is 20.3. The Balaban J connectivity index is 1.03. The van der Waals surface area contributed by atoms with Gasteiger partial charge in [-0.3, -0.25) is 14.6 Å². The van der Waals surface area contributed by atoms with Crippen LogP contribution in [0, 0.1) is 0 Å². The molecular formula is C29H34N4OS. The van der Waals surface area contributed by atoms with Crippen LogP contribution in [-0.2, 0) is 19.6 Å². The van der Waals surface area contributed by atoms with E-state index in [1.54, 1.807) is 11.3 Å². The molecule has 3 aliphatic rings. The van der Waals surface area contributed by atoms with Crippen LogP contribution in [0.2, 0.25) is 0 Å². The average Bonchev–Trinajstić information content (AvgIpc) is 3.55. The van der Waals surface area contributed by atoms with Crippen LogP contribution in [0.1, 0.15) is 39.9 Å². The quantitative estimate of drug-likeness (QED) is 0.559. The van der Waals surface area contributed by atoms with Gasteiger partial charge in [0, 0.05) is 68.8 Å². The Kier molecular flexibility index (Phi) is 6.70. The summed E-state index contributed by atoms with van der Waals surface area (Å²) in [6, 6.07) is 20.2. The van der Waals surface area contributed by atoms with Gasteiger partial charge < -0.3 is 10.2 Å². The van der Waals surface area contributed by atoms with Gasteiger partial charge in [0.15, 0.2) is 0 Å². The van der Waals surface area contributed by atoms with Crippen molar-refractivity contribution in [3.05, 3.63) is 82.2 Å². The Morgan fingerprint density at radius 2 is 1.71 bits per heavy atom. The summed E-state index contributed by atoms with van der Waals surface area (Å²) in [5.74, 6) is 0.219. The van der Waals surface area contributed by atoms with E-state index in [0.29, 0.717) is 6.04 Å². The van der Waals surface area contributed by atoms with E-state index in [1.165, 1.54) is 27.1 Å². The molecule has 0 radical (unpaired) electrons. The second kappa shape index (κ2) is 10.2. The minimum Gasteiger partial charge on any atom is -0.330 e. The third kappa shape index (κ3) is 5.07. The van der Waals surface area contributed by atoms with Crippen molar-refractivity contribution in [2.45, 2.75) is 38.5 Å². The smallest absolute Gasteiger partial charge is 0.254 e. The molecule has 0 aliphatic carbocycles. The van der Waals surface area contributed by atoms with Crippen LogP contribution in [0.25, 0.3) is 10.4 Å². The predicted octanol–water partition coefficient (Wildman–Crippen LogP) is 4.44. The lowest BCUT2D eigenvalue weighted by atomic mass is 10.1. The van der Waals surface area contributed by atoms with Crippen LogP contribution in [0.3, 0.4) is 0 Å². The van der Waals surface area contributed by atoms with Gasteiger partial charge in [0.2, 0.25) is 0 Å². The minimum atomic E-state index is 0.219. The fourth-order valence-electron chi connectivity index (χ4n) is 5.78. The van der Waals surface area contributed by atoms with Gasteiger partial charge in [0.1, 0.15) is 0 Å². The average molecular weight is 487 g/mol. The highest BCUT2D eigenvalue weighted by Crippen LogP contribution is 2.29. The Morgan fingerprint density at radius 1 is 0.914 bits per heavy atom. The highest BCUT2D eigenvalue weighted by Gasteiger charge is 2.33. The molecule has 4 heterocycles. The molecule has 6 rings (SSSR count). The first-order valence-corrected chi connectivity index (χ1v) is 13.8. The Labute approximate surface area is 212 Å². The fraction of sp³-hybridized carbons (Fsp3) is 0.414. The second-order valence-electron chi connectivity index (χ2n) is 10.2. The van der Waals surface area contributed by atoms with Crippen LogP contribution in [-0.4, -0.2) is 65.9 Å². The molecule has 1 aromatic heterocycles. The topological polar surface area (TPSA) is 38.8 Å². The van der Waals surface area contributed by atoms with E-state index in [2.05, 4.69) is 80.0 Å². The third-order valence-corrected chi connectivity index (χ3v) is 8.64. The second-order valence-corrected chi connectivity index (χ2v) is 11.1. The Bertz CT molecular complexity index is 1160. The summed E-state index contributed by atoms with van der Waals surface area (Å²) >= 11 is 1.80. The highest BCUT2D eigenvalue weighted by molar-refractivity contribution is 7.13. The third-order valence-electron chi connectivity index (χ3n) is 7.72. The Hall–Kier alpha value is -2.51. The van der Waals surface area contributed by atoms with Gasteiger partial charge >= 0.3 is 0 Å². The zero-order valence-corrected chi connectivity index (χ0v) is 21.1. The number of carbonyl (C=O) groups is 1. The van der Waals surface area contributed by atoms with Crippen molar-refractivity contribution < 1.29 is 4.79 Å². The van der Waals surface area contributed by atoms with Crippen LogP contribution in [0.4, 0.5) is 0 Å². The number of rotatable bonds is 6. The standard InChI is InChI=1S/C29H34N4OS/c34-29-27-9-8-23(17-25(27)21-33(29)26-6-2-10-30-18-26)20-32-13-11-31(12-14-32)19-22-4-1-5-24(16-22)28-7-3-15-35-28/h1,3-5,7-9,15-17,26,30H,2,6,10-14,18-21H2. The molecule has 2 fully saturated rings. The molecule has 1 N–H and O–H groups in total. The lowest BCUT2D eigenvalue weighted by Crippen LogP contribution is -2.46. The van der Waals surface area contributed by atoms with Crippen molar-refractivity contribution in [3.63, 3.8) is 0 Å². The van der Waals surface area contributed by atoms with Gasteiger partial charge in [-0.25, -0.2) is 0 Å². The van der Waals surface area contributed by atoms with E-state index in [4.69, 9.17) is 0 Å². The molecular weight excluding hydrogens is 452 g/mol. The normalized spacial score (nSPS) is 21.4. The predicted molar refractivity (Wildman–Crippen MR) is 143 cm³/mol. The summed E-state index contributed by atoms with van der Waals surface area (Å²) in [5.41, 5.74) is 6.17. The van der Waals surface area contributed by atoms with E-state index in [9.17, 15) is 4.79 Å². The van der Waals surface area contributed by atoms with Gasteiger partial charge in [-0.1, -0.05) is 36.4 Å². The van der Waals surface area contributed by atoms with Gasteiger partial charge in [0.25, 0.3) is 5.91 Å². The van der Waals surface area contributed by atoms with Crippen LogP contribution in [0.5, 0.6) is 0 Å². The number of carbonyl (C=O) groups excluding carboxylic acids is 1. The highest BCUT2D eigenvalue weighted by atomic mass is 32.1. The van der Waals surface area contributed by atoms with Crippen LogP contribution in [0.15, 0.2) is 60.0 Å². The summed E-state index contributed by atoms with van der Waals surface area (Å²) in [6.45, 7) is 9.10. The number of benzene rings is 2. The number of thiophene rings is 1. The van der Waals surface area contributed by atoms with Crippen molar-refractivity contribution in [2.75, 3.05) is 39.3 Å². The summed E-state index contributed by atoms with van der Waals surface area (Å²) in [4.78, 5) is 21.5. The summed E-state index contributed by atoms with van der Waals surface area (Å²) in [7, 11) is 0. The molecule has 35 heavy (non-hydrogen) atoms. The maximum atomic E-state index is 13.0. The number of hydrogen-bond acceptors (Lipinski definition) is 5. The van der Waals surface area contributed by atoms with Gasteiger partial charge in [0.05, 0.1) is 0 Å². The summed E-state index contributed by atoms with van der Waals surface area (Å²) < 4.78 is 0. The molecule has 2 saturated heterocycles. The van der Waals surface area contributed by atoms with E-state index in [0.717, 1.165) is 77.3 Å². The van der Waals surface area contributed by atoms with E-state index in [1.807, 2.05) is 0 Å². The lowest BCUT2D eigenvalue weighted by molar-refractivity contribution is 0.0674. The van der Waals surface area contributed by atoms with Gasteiger partial charge in [-0.2, -0.15) is 0 Å². The lowest BCUT2D eigenvalue weighted by Gasteiger charge is -2.34. The van der Waals surface area contributed by atoms with Gasteiger partial charge in [-0.05, 0) is 65.2 Å². The molecule has 1 atom stereocenters. The van der Waals surface area contributed by atoms with E-state index < -0.39 is 0 Å². The van der Waals surface area contributed by atoms with Crippen molar-refractivity contribution in [1.82, 2.24) is 20.0 Å². The molecule has 6 heteroatoms. The number of piperazine rings is 1. The maximum absolute atomic E-state index is 13.0. The van der Waals surface area contributed by atoms with E-state index >= 15 is 0 Å². The number of hydrogen-bond donors (Lipinski definition) is 1. The first-order chi connectivity index (χ1) is 17.2. The van der Waals surface area contributed by atoms with Crippen molar-refractivity contribution in [1.29, 1.82) is 0 Å². The molecule has 1 unspecified atom stereocenters. The van der Waals surface area contributed by atoms with Crippen molar-refractivity contribution >= 4 is 17.2 Å². The summed E-state index contributed by atoms with van der Waals surface area (Å²) in [5, 5.41) is 5.59. The monoisotopic (exact) mass is 486 g/mol. The van der Waals surface area contributed by atoms with Crippen molar-refractivity contribution in [3.8, 4) is 10.4 Å². The molecule has 2 aromatic carbocycles. The van der Waals surface area contributed by atoms with E-state index in [-0.39, 0.29) is 5.91 Å².